The Labute approximate surface area is 191 Å². The van der Waals surface area contributed by atoms with E-state index in [0.29, 0.717) is 18.1 Å². The number of aromatic nitrogens is 2. The van der Waals surface area contributed by atoms with Gasteiger partial charge in [0.15, 0.2) is 5.82 Å². The van der Waals surface area contributed by atoms with Crippen molar-refractivity contribution < 1.29 is 24.6 Å². The lowest BCUT2D eigenvalue weighted by Crippen LogP contribution is -2.43. The van der Waals surface area contributed by atoms with Crippen LogP contribution >= 0.6 is 0 Å². The third-order valence-electron chi connectivity index (χ3n) is 4.97. The number of benzene rings is 1. The summed E-state index contributed by atoms with van der Waals surface area (Å²) in [6.07, 6.45) is -0.687. The van der Waals surface area contributed by atoms with Gasteiger partial charge in [0.25, 0.3) is 11.5 Å². The Kier molecular flexibility index (Phi) is 7.25. The van der Waals surface area contributed by atoms with E-state index in [9.17, 15) is 29.2 Å². The standard InChI is InChI=1S/C19H22N8O7/c20-19-24-15-14(17(31)25-19)22-10(7-21-15)8-27(26-34)11-3-1-9(2-4-11)16(30)23-12(18(32)33)5-6-13(28)29/h1-4,10,12,22H,5-8H2,(H,23,30)(H,28,29)(H,32,33)(H4,20,21,24,25,31). The molecule has 2 atom stereocenters. The van der Waals surface area contributed by atoms with Gasteiger partial charge in [0, 0.05) is 18.5 Å². The number of nitrogen functional groups attached to an aromatic ring is 1. The van der Waals surface area contributed by atoms with Crippen LogP contribution in [0, 0.1) is 4.91 Å². The van der Waals surface area contributed by atoms with Gasteiger partial charge in [0.05, 0.1) is 23.6 Å². The first-order valence-electron chi connectivity index (χ1n) is 10.0. The summed E-state index contributed by atoms with van der Waals surface area (Å²) in [7, 11) is 0. The summed E-state index contributed by atoms with van der Waals surface area (Å²) in [5.74, 6) is -2.98. The minimum atomic E-state index is -1.36. The SMILES string of the molecule is Nc1nc2c(c(=O)[nH]1)NC(CN(N=O)c1ccc(C(=O)NC(CCC(=O)O)C(=O)O)cc1)CN2. The third kappa shape index (κ3) is 5.76. The highest BCUT2D eigenvalue weighted by molar-refractivity contribution is 5.97. The fraction of sp³-hybridized carbons (Fsp3) is 0.316. The first-order chi connectivity index (χ1) is 16.2. The Morgan fingerprint density at radius 2 is 1.97 bits per heavy atom. The van der Waals surface area contributed by atoms with E-state index < -0.39 is 41.9 Å². The van der Waals surface area contributed by atoms with Gasteiger partial charge in [0.2, 0.25) is 5.95 Å². The molecular formula is C19H22N8O7. The Morgan fingerprint density at radius 1 is 1.26 bits per heavy atom. The maximum atomic E-state index is 12.4. The van der Waals surface area contributed by atoms with Crippen LogP contribution in [0.25, 0.3) is 0 Å². The van der Waals surface area contributed by atoms with Crippen molar-refractivity contribution in [2.45, 2.75) is 24.9 Å². The summed E-state index contributed by atoms with van der Waals surface area (Å²) in [5.41, 5.74) is 5.69. The highest BCUT2D eigenvalue weighted by Gasteiger charge is 2.25. The second-order valence-corrected chi connectivity index (χ2v) is 7.40. The molecule has 1 amide bonds. The maximum Gasteiger partial charge on any atom is 0.326 e. The quantitative estimate of drug-likeness (QED) is 0.175. The first kappa shape index (κ1) is 24.0. The largest absolute Gasteiger partial charge is 0.481 e. The van der Waals surface area contributed by atoms with Crippen LogP contribution in [-0.4, -0.2) is 63.2 Å². The van der Waals surface area contributed by atoms with Crippen LogP contribution in [0.4, 0.5) is 23.1 Å². The highest BCUT2D eigenvalue weighted by Crippen LogP contribution is 2.22. The third-order valence-corrected chi connectivity index (χ3v) is 4.97. The van der Waals surface area contributed by atoms with Gasteiger partial charge < -0.3 is 31.9 Å². The van der Waals surface area contributed by atoms with Gasteiger partial charge in [-0.2, -0.15) is 4.98 Å². The number of nitrogens with one attached hydrogen (secondary N) is 4. The topological polar surface area (TPSA) is 232 Å². The number of nitrogens with two attached hydrogens (primary N) is 1. The van der Waals surface area contributed by atoms with Gasteiger partial charge in [-0.3, -0.25) is 19.4 Å². The fourth-order valence-electron chi connectivity index (χ4n) is 3.28. The number of aliphatic carboxylic acids is 2. The van der Waals surface area contributed by atoms with E-state index in [1.165, 1.54) is 24.3 Å². The van der Waals surface area contributed by atoms with Crippen molar-refractivity contribution in [2.24, 2.45) is 5.29 Å². The number of carboxylic acid groups (broad SMARTS) is 2. The summed E-state index contributed by atoms with van der Waals surface area (Å²) in [4.78, 5) is 64.2. The first-order valence-corrected chi connectivity index (χ1v) is 10.0. The number of H-pyrrole nitrogens is 1. The molecule has 15 nitrogen and oxygen atoms in total. The lowest BCUT2D eigenvalue weighted by atomic mass is 10.1. The average molecular weight is 474 g/mol. The average Bonchev–Trinajstić information content (AvgIpc) is 2.80. The summed E-state index contributed by atoms with van der Waals surface area (Å²) in [6.45, 7) is 0.393. The maximum absolute atomic E-state index is 12.4. The number of anilines is 4. The van der Waals surface area contributed by atoms with E-state index in [2.05, 4.69) is 31.2 Å². The molecule has 0 saturated carbocycles. The number of carbonyl (C=O) groups excluding carboxylic acids is 1. The number of amides is 1. The number of aromatic amines is 1. The minimum absolute atomic E-state index is 0.0339. The fourth-order valence-corrected chi connectivity index (χ4v) is 3.28. The number of nitroso groups, excluding NO2 is 1. The summed E-state index contributed by atoms with van der Waals surface area (Å²) < 4.78 is 0. The zero-order valence-electron chi connectivity index (χ0n) is 17.6. The molecule has 1 aromatic heterocycles. The lowest BCUT2D eigenvalue weighted by molar-refractivity contribution is -0.140. The minimum Gasteiger partial charge on any atom is -0.481 e. The molecule has 2 unspecified atom stereocenters. The summed E-state index contributed by atoms with van der Waals surface area (Å²) in [6, 6.07) is 3.88. The number of carbonyl (C=O) groups is 3. The molecule has 0 radical (unpaired) electrons. The van der Waals surface area contributed by atoms with Crippen LogP contribution in [0.3, 0.4) is 0 Å². The normalized spacial score (nSPS) is 15.1. The predicted octanol–water partition coefficient (Wildman–Crippen LogP) is -0.206. The van der Waals surface area contributed by atoms with E-state index >= 15 is 0 Å². The monoisotopic (exact) mass is 474 g/mol. The van der Waals surface area contributed by atoms with Crippen molar-refractivity contribution in [2.75, 3.05) is 34.5 Å². The molecule has 1 aliphatic heterocycles. The zero-order chi connectivity index (χ0) is 24.8. The molecule has 0 saturated heterocycles. The van der Waals surface area contributed by atoms with Crippen LogP contribution in [0.15, 0.2) is 34.3 Å². The molecule has 0 aliphatic carbocycles. The highest BCUT2D eigenvalue weighted by atomic mass is 16.4. The molecule has 1 aromatic carbocycles. The number of carboxylic acids is 2. The lowest BCUT2D eigenvalue weighted by Gasteiger charge is -2.29. The number of hydrogen-bond donors (Lipinski definition) is 7. The molecule has 8 N–H and O–H groups in total. The Bertz CT molecular complexity index is 1150. The number of rotatable bonds is 10. The van der Waals surface area contributed by atoms with Crippen molar-refractivity contribution in [3.8, 4) is 0 Å². The Hall–Kier alpha value is -4.69. The zero-order valence-corrected chi connectivity index (χ0v) is 17.6. The Morgan fingerprint density at radius 3 is 2.59 bits per heavy atom. The smallest absolute Gasteiger partial charge is 0.326 e. The molecule has 180 valence electrons. The van der Waals surface area contributed by atoms with Crippen molar-refractivity contribution in [1.82, 2.24) is 15.3 Å². The Balaban J connectivity index is 1.65. The second-order valence-electron chi connectivity index (χ2n) is 7.40. The van der Waals surface area contributed by atoms with Crippen molar-refractivity contribution in [3.63, 3.8) is 0 Å². The van der Waals surface area contributed by atoms with E-state index in [4.69, 9.17) is 10.8 Å². The van der Waals surface area contributed by atoms with E-state index in [0.717, 1.165) is 5.01 Å². The van der Waals surface area contributed by atoms with Crippen LogP contribution in [0.1, 0.15) is 23.2 Å². The van der Waals surface area contributed by atoms with Gasteiger partial charge in [-0.05, 0) is 30.7 Å². The molecule has 15 heteroatoms. The van der Waals surface area contributed by atoms with E-state index in [1.807, 2.05) is 0 Å². The van der Waals surface area contributed by atoms with Gasteiger partial charge in [0.1, 0.15) is 11.7 Å². The number of hydrogen-bond acceptors (Lipinski definition) is 10. The van der Waals surface area contributed by atoms with Crippen molar-refractivity contribution >= 4 is 41.0 Å². The van der Waals surface area contributed by atoms with Gasteiger partial charge in [-0.25, -0.2) is 9.80 Å². The number of nitrogens with zero attached hydrogens (tertiary/aromatic N) is 3. The van der Waals surface area contributed by atoms with E-state index in [1.54, 1.807) is 0 Å². The molecular weight excluding hydrogens is 452 g/mol. The molecule has 34 heavy (non-hydrogen) atoms. The predicted molar refractivity (Wildman–Crippen MR) is 121 cm³/mol. The van der Waals surface area contributed by atoms with Gasteiger partial charge >= 0.3 is 11.9 Å². The van der Waals surface area contributed by atoms with Gasteiger partial charge in [-0.1, -0.05) is 0 Å². The van der Waals surface area contributed by atoms with Crippen LogP contribution in [-0.2, 0) is 9.59 Å². The van der Waals surface area contributed by atoms with Crippen LogP contribution in [0.2, 0.25) is 0 Å². The molecule has 0 bridgehead atoms. The second kappa shape index (κ2) is 10.3. The molecule has 0 fully saturated rings. The van der Waals surface area contributed by atoms with Crippen molar-refractivity contribution in [1.29, 1.82) is 0 Å². The molecule has 0 spiro atoms. The molecule has 1 aliphatic rings. The summed E-state index contributed by atoms with van der Waals surface area (Å²) >= 11 is 0. The van der Waals surface area contributed by atoms with Crippen LogP contribution < -0.4 is 32.3 Å². The van der Waals surface area contributed by atoms with Gasteiger partial charge in [-0.15, -0.1) is 4.91 Å². The molecule has 3 rings (SSSR count). The van der Waals surface area contributed by atoms with Crippen molar-refractivity contribution in [3.05, 3.63) is 45.1 Å². The molecule has 2 aromatic rings. The van der Waals surface area contributed by atoms with E-state index in [-0.39, 0.29) is 30.2 Å². The molecule has 2 heterocycles. The summed E-state index contributed by atoms with van der Waals surface area (Å²) in [5, 5.41) is 30.2. The number of fused-ring (bicyclic) bond motifs is 1. The van der Waals surface area contributed by atoms with Crippen LogP contribution in [0.5, 0.6) is 0 Å².